The summed E-state index contributed by atoms with van der Waals surface area (Å²) in [6, 6.07) is 0. The first-order valence-electron chi connectivity index (χ1n) is 4.75. The zero-order valence-electron chi connectivity index (χ0n) is 8.94. The Morgan fingerprint density at radius 3 is 2.64 bits per heavy atom. The molecular weight excluding hydrogens is 176 g/mol. The third-order valence-corrected chi connectivity index (χ3v) is 2.38. The quantitative estimate of drug-likeness (QED) is 0.688. The number of hydrogen-bond donors (Lipinski definition) is 0. The number of aromatic nitrogens is 4. The number of fused-ring (bicyclic) bond motifs is 1. The minimum atomic E-state index is 0.406. The van der Waals surface area contributed by atoms with Crippen LogP contribution in [0.3, 0.4) is 0 Å². The third kappa shape index (κ3) is 1.18. The van der Waals surface area contributed by atoms with Gasteiger partial charge in [0.15, 0.2) is 5.65 Å². The van der Waals surface area contributed by atoms with Gasteiger partial charge in [0.2, 0.25) is 0 Å². The maximum Gasteiger partial charge on any atom is 0.161 e. The summed E-state index contributed by atoms with van der Waals surface area (Å²) in [5, 5.41) is 5.57. The molecule has 0 aliphatic rings. The summed E-state index contributed by atoms with van der Waals surface area (Å²) in [6.07, 6.45) is 1.59. The van der Waals surface area contributed by atoms with E-state index in [0.717, 1.165) is 22.4 Å². The molecular formula is C10H14N4. The first kappa shape index (κ1) is 9.12. The lowest BCUT2D eigenvalue weighted by Crippen LogP contribution is -1.93. The molecule has 74 valence electrons. The highest BCUT2D eigenvalue weighted by Gasteiger charge is 2.14. The summed E-state index contributed by atoms with van der Waals surface area (Å²) in [4.78, 5) is 8.43. The molecule has 0 amide bonds. The zero-order chi connectivity index (χ0) is 10.3. The molecule has 2 rings (SSSR count). The van der Waals surface area contributed by atoms with E-state index < -0.39 is 0 Å². The van der Waals surface area contributed by atoms with Crippen LogP contribution in [-0.2, 0) is 7.05 Å². The fraction of sp³-hybridized carbons (Fsp3) is 0.500. The Bertz CT molecular complexity index is 470. The lowest BCUT2D eigenvalue weighted by atomic mass is 10.1. The predicted molar refractivity (Wildman–Crippen MR) is 55.1 cm³/mol. The van der Waals surface area contributed by atoms with Crippen molar-refractivity contribution in [1.29, 1.82) is 0 Å². The fourth-order valence-corrected chi connectivity index (χ4v) is 1.67. The molecule has 2 aromatic rings. The van der Waals surface area contributed by atoms with Gasteiger partial charge in [-0.1, -0.05) is 13.8 Å². The van der Waals surface area contributed by atoms with Gasteiger partial charge in [0, 0.05) is 7.05 Å². The van der Waals surface area contributed by atoms with Gasteiger partial charge in [0.1, 0.15) is 6.33 Å². The number of hydrogen-bond acceptors (Lipinski definition) is 3. The standard InChI is InChI=1S/C10H14N4/c1-6(2)9-8-7(3)11-5-12-10(8)14(4)13-9/h5-6H,1-4H3. The Kier molecular flexibility index (Phi) is 1.98. The summed E-state index contributed by atoms with van der Waals surface area (Å²) in [5.41, 5.74) is 3.01. The van der Waals surface area contributed by atoms with Crippen molar-refractivity contribution < 1.29 is 0 Å². The van der Waals surface area contributed by atoms with Gasteiger partial charge in [-0.05, 0) is 12.8 Å². The van der Waals surface area contributed by atoms with Crippen LogP contribution in [-0.4, -0.2) is 19.7 Å². The van der Waals surface area contributed by atoms with Gasteiger partial charge in [-0.3, -0.25) is 4.68 Å². The number of rotatable bonds is 1. The molecule has 0 aliphatic carbocycles. The highest BCUT2D eigenvalue weighted by atomic mass is 15.3. The van der Waals surface area contributed by atoms with Crippen molar-refractivity contribution in [3.8, 4) is 0 Å². The smallest absolute Gasteiger partial charge is 0.161 e. The van der Waals surface area contributed by atoms with E-state index in [-0.39, 0.29) is 0 Å². The molecule has 0 saturated carbocycles. The van der Waals surface area contributed by atoms with Crippen LogP contribution in [0.15, 0.2) is 6.33 Å². The molecule has 14 heavy (non-hydrogen) atoms. The van der Waals surface area contributed by atoms with E-state index >= 15 is 0 Å². The van der Waals surface area contributed by atoms with Gasteiger partial charge in [-0.15, -0.1) is 0 Å². The first-order chi connectivity index (χ1) is 6.61. The first-order valence-corrected chi connectivity index (χ1v) is 4.75. The molecule has 0 saturated heterocycles. The van der Waals surface area contributed by atoms with Crippen molar-refractivity contribution in [2.75, 3.05) is 0 Å². The summed E-state index contributed by atoms with van der Waals surface area (Å²) < 4.78 is 1.82. The maximum atomic E-state index is 4.46. The van der Waals surface area contributed by atoms with Crippen LogP contribution in [0, 0.1) is 6.92 Å². The van der Waals surface area contributed by atoms with Crippen molar-refractivity contribution in [1.82, 2.24) is 19.7 Å². The van der Waals surface area contributed by atoms with Crippen LogP contribution in [0.25, 0.3) is 11.0 Å². The molecule has 0 N–H and O–H groups in total. The summed E-state index contributed by atoms with van der Waals surface area (Å²) in [5.74, 6) is 0.406. The second-order valence-corrected chi connectivity index (χ2v) is 3.82. The number of aryl methyl sites for hydroxylation is 2. The lowest BCUT2D eigenvalue weighted by Gasteiger charge is -2.00. The molecule has 2 aromatic heterocycles. The highest BCUT2D eigenvalue weighted by Crippen LogP contribution is 2.24. The summed E-state index contributed by atoms with van der Waals surface area (Å²) >= 11 is 0. The fourth-order valence-electron chi connectivity index (χ4n) is 1.67. The molecule has 0 atom stereocenters. The molecule has 2 heterocycles. The van der Waals surface area contributed by atoms with Crippen molar-refractivity contribution >= 4 is 11.0 Å². The van der Waals surface area contributed by atoms with Gasteiger partial charge < -0.3 is 0 Å². The van der Waals surface area contributed by atoms with Gasteiger partial charge >= 0.3 is 0 Å². The van der Waals surface area contributed by atoms with Crippen LogP contribution in [0.4, 0.5) is 0 Å². The zero-order valence-corrected chi connectivity index (χ0v) is 8.94. The van der Waals surface area contributed by atoms with Crippen molar-refractivity contribution in [2.24, 2.45) is 7.05 Å². The molecule has 0 unspecified atom stereocenters. The van der Waals surface area contributed by atoms with Crippen molar-refractivity contribution in [3.05, 3.63) is 17.7 Å². The molecule has 0 bridgehead atoms. The van der Waals surface area contributed by atoms with Gasteiger partial charge in [0.25, 0.3) is 0 Å². The average molecular weight is 190 g/mol. The Morgan fingerprint density at radius 1 is 1.29 bits per heavy atom. The normalized spacial score (nSPS) is 11.5. The lowest BCUT2D eigenvalue weighted by molar-refractivity contribution is 0.724. The monoisotopic (exact) mass is 190 g/mol. The summed E-state index contributed by atoms with van der Waals surface area (Å²) in [7, 11) is 1.92. The minimum Gasteiger partial charge on any atom is -0.250 e. The highest BCUT2D eigenvalue weighted by molar-refractivity contribution is 5.80. The SMILES string of the molecule is Cc1ncnc2c1c(C(C)C)nn2C. The van der Waals surface area contributed by atoms with E-state index in [9.17, 15) is 0 Å². The Hall–Kier alpha value is -1.45. The maximum absolute atomic E-state index is 4.46. The van der Waals surface area contributed by atoms with Crippen LogP contribution in [0.2, 0.25) is 0 Å². The molecule has 0 fully saturated rings. The van der Waals surface area contributed by atoms with E-state index in [1.165, 1.54) is 0 Å². The van der Waals surface area contributed by atoms with Gasteiger partial charge in [-0.25, -0.2) is 9.97 Å². The Morgan fingerprint density at radius 2 is 2.00 bits per heavy atom. The van der Waals surface area contributed by atoms with Gasteiger partial charge in [0.05, 0.1) is 16.8 Å². The van der Waals surface area contributed by atoms with E-state index in [1.54, 1.807) is 6.33 Å². The second kappa shape index (κ2) is 3.04. The van der Waals surface area contributed by atoms with E-state index in [1.807, 2.05) is 18.7 Å². The van der Waals surface area contributed by atoms with E-state index in [4.69, 9.17) is 0 Å². The Balaban J connectivity index is 2.86. The Labute approximate surface area is 83.0 Å². The van der Waals surface area contributed by atoms with Crippen molar-refractivity contribution in [3.63, 3.8) is 0 Å². The molecule has 0 aliphatic heterocycles. The number of nitrogens with zero attached hydrogens (tertiary/aromatic N) is 4. The molecule has 0 aromatic carbocycles. The van der Waals surface area contributed by atoms with E-state index in [2.05, 4.69) is 28.9 Å². The minimum absolute atomic E-state index is 0.406. The molecule has 0 spiro atoms. The summed E-state index contributed by atoms with van der Waals surface area (Å²) in [6.45, 7) is 6.26. The van der Waals surface area contributed by atoms with Gasteiger partial charge in [-0.2, -0.15) is 5.10 Å². The van der Waals surface area contributed by atoms with Crippen LogP contribution in [0.1, 0.15) is 31.2 Å². The molecule has 0 radical (unpaired) electrons. The molecule has 4 heteroatoms. The van der Waals surface area contributed by atoms with Crippen LogP contribution >= 0.6 is 0 Å². The topological polar surface area (TPSA) is 43.6 Å². The van der Waals surface area contributed by atoms with E-state index in [0.29, 0.717) is 5.92 Å². The second-order valence-electron chi connectivity index (χ2n) is 3.82. The predicted octanol–water partition coefficient (Wildman–Crippen LogP) is 1.80. The van der Waals surface area contributed by atoms with Crippen LogP contribution < -0.4 is 0 Å². The third-order valence-electron chi connectivity index (χ3n) is 2.38. The largest absolute Gasteiger partial charge is 0.250 e. The average Bonchev–Trinajstić information content (AvgIpc) is 2.46. The molecule has 4 nitrogen and oxygen atoms in total. The van der Waals surface area contributed by atoms with Crippen LogP contribution in [0.5, 0.6) is 0 Å². The van der Waals surface area contributed by atoms with Crippen molar-refractivity contribution in [2.45, 2.75) is 26.7 Å².